The van der Waals surface area contributed by atoms with Gasteiger partial charge in [-0.15, -0.1) is 0 Å². The van der Waals surface area contributed by atoms with Gasteiger partial charge in [0.25, 0.3) is 0 Å². The van der Waals surface area contributed by atoms with E-state index in [9.17, 15) is 4.79 Å². The van der Waals surface area contributed by atoms with Crippen molar-refractivity contribution in [2.45, 2.75) is 37.8 Å². The van der Waals surface area contributed by atoms with Gasteiger partial charge >= 0.3 is 0 Å². The first-order chi connectivity index (χ1) is 10.1. The maximum absolute atomic E-state index is 12.6. The van der Waals surface area contributed by atoms with Crippen molar-refractivity contribution >= 4 is 5.91 Å². The molecule has 0 bridgehead atoms. The minimum atomic E-state index is -0.587. The van der Waals surface area contributed by atoms with Crippen molar-refractivity contribution in [1.29, 1.82) is 0 Å². The van der Waals surface area contributed by atoms with Crippen LogP contribution in [0.1, 0.15) is 37.3 Å². The molecule has 0 aromatic carbocycles. The number of likely N-dealkylation sites (tertiary alicyclic amines) is 2. The predicted octanol–water partition coefficient (Wildman–Crippen LogP) is 0.507. The summed E-state index contributed by atoms with van der Waals surface area (Å²) >= 11 is 0. The van der Waals surface area contributed by atoms with Crippen LogP contribution < -0.4 is 5.73 Å². The summed E-state index contributed by atoms with van der Waals surface area (Å²) in [5.41, 5.74) is 6.92. The first kappa shape index (κ1) is 14.5. The minimum absolute atomic E-state index is 0.0342. The molecule has 2 aliphatic rings. The molecule has 21 heavy (non-hydrogen) atoms. The lowest BCUT2D eigenvalue weighted by atomic mass is 10.0. The van der Waals surface area contributed by atoms with Crippen LogP contribution in [0.15, 0.2) is 12.4 Å². The maximum atomic E-state index is 12.6. The van der Waals surface area contributed by atoms with Crippen LogP contribution in [-0.2, 0) is 11.8 Å². The molecule has 0 saturated carbocycles. The summed E-state index contributed by atoms with van der Waals surface area (Å²) < 4.78 is 1.69. The molecule has 0 radical (unpaired) electrons. The number of nitrogens with two attached hydrogens (primary N) is 1. The highest BCUT2D eigenvalue weighted by molar-refractivity contribution is 5.83. The van der Waals surface area contributed by atoms with Gasteiger partial charge in [-0.3, -0.25) is 14.4 Å². The second kappa shape index (κ2) is 6.15. The van der Waals surface area contributed by atoms with E-state index in [0.29, 0.717) is 6.04 Å². The van der Waals surface area contributed by atoms with Crippen LogP contribution >= 0.6 is 0 Å². The summed E-state index contributed by atoms with van der Waals surface area (Å²) in [6, 6.07) is -0.0673. The molecule has 116 valence electrons. The largest absolute Gasteiger partial charge is 0.339 e. The number of rotatable bonds is 3. The molecule has 3 rings (SSSR count). The third-order valence-corrected chi connectivity index (χ3v) is 4.72. The third kappa shape index (κ3) is 3.11. The maximum Gasteiger partial charge on any atom is 0.244 e. The van der Waals surface area contributed by atoms with Crippen LogP contribution in [0.25, 0.3) is 0 Å². The van der Waals surface area contributed by atoms with Gasteiger partial charge in [0.05, 0.1) is 6.20 Å². The van der Waals surface area contributed by atoms with E-state index in [-0.39, 0.29) is 5.91 Å². The van der Waals surface area contributed by atoms with Gasteiger partial charge in [0.1, 0.15) is 6.04 Å². The summed E-state index contributed by atoms with van der Waals surface area (Å²) in [5.74, 6) is 0.0342. The number of hydrogen-bond donors (Lipinski definition) is 1. The van der Waals surface area contributed by atoms with Gasteiger partial charge < -0.3 is 10.6 Å². The van der Waals surface area contributed by atoms with E-state index in [0.717, 1.165) is 25.1 Å². The molecule has 6 nitrogen and oxygen atoms in total. The first-order valence-electron chi connectivity index (χ1n) is 7.92. The first-order valence-corrected chi connectivity index (χ1v) is 7.92. The fourth-order valence-electron chi connectivity index (χ4n) is 3.50. The van der Waals surface area contributed by atoms with Crippen LogP contribution in [0.4, 0.5) is 0 Å². The Kier molecular flexibility index (Phi) is 4.26. The van der Waals surface area contributed by atoms with Crippen molar-refractivity contribution in [3.8, 4) is 0 Å². The van der Waals surface area contributed by atoms with E-state index in [1.54, 1.807) is 10.9 Å². The number of aryl methyl sites for hydroxylation is 1. The Labute approximate surface area is 125 Å². The average molecular weight is 291 g/mol. The second-order valence-electron chi connectivity index (χ2n) is 6.25. The third-order valence-electron chi connectivity index (χ3n) is 4.72. The molecule has 2 aliphatic heterocycles. The molecule has 2 saturated heterocycles. The van der Waals surface area contributed by atoms with Crippen LogP contribution in [-0.4, -0.2) is 57.7 Å². The number of hydrogen-bond acceptors (Lipinski definition) is 4. The van der Waals surface area contributed by atoms with Gasteiger partial charge in [0.2, 0.25) is 5.91 Å². The number of nitrogens with zero attached hydrogens (tertiary/aromatic N) is 4. The summed E-state index contributed by atoms with van der Waals surface area (Å²) in [6.45, 7) is 4.02. The topological polar surface area (TPSA) is 67.4 Å². The van der Waals surface area contributed by atoms with Crippen molar-refractivity contribution in [2.75, 3.05) is 26.2 Å². The van der Waals surface area contributed by atoms with Gasteiger partial charge in [-0.05, 0) is 38.8 Å². The Bertz CT molecular complexity index is 494. The van der Waals surface area contributed by atoms with E-state index >= 15 is 0 Å². The number of amides is 1. The zero-order valence-electron chi connectivity index (χ0n) is 12.7. The molecule has 2 unspecified atom stereocenters. The highest BCUT2D eigenvalue weighted by Crippen LogP contribution is 2.22. The van der Waals surface area contributed by atoms with E-state index in [1.165, 1.54) is 32.4 Å². The van der Waals surface area contributed by atoms with Gasteiger partial charge in [-0.1, -0.05) is 0 Å². The van der Waals surface area contributed by atoms with Crippen LogP contribution in [0.3, 0.4) is 0 Å². The predicted molar refractivity (Wildman–Crippen MR) is 80.5 cm³/mol. The summed E-state index contributed by atoms with van der Waals surface area (Å²) in [7, 11) is 1.84. The van der Waals surface area contributed by atoms with Crippen LogP contribution in [0, 0.1) is 0 Å². The number of carbonyl (C=O) groups is 1. The molecule has 0 aliphatic carbocycles. The summed E-state index contributed by atoms with van der Waals surface area (Å²) in [6.07, 6.45) is 8.37. The lowest BCUT2D eigenvalue weighted by Gasteiger charge is -2.38. The van der Waals surface area contributed by atoms with Gasteiger partial charge in [-0.2, -0.15) is 5.10 Å². The van der Waals surface area contributed by atoms with Gasteiger partial charge in [-0.25, -0.2) is 0 Å². The quantitative estimate of drug-likeness (QED) is 0.881. The molecular formula is C15H25N5O. The Morgan fingerprint density at radius 1 is 1.33 bits per heavy atom. The minimum Gasteiger partial charge on any atom is -0.339 e. The Balaban J connectivity index is 1.63. The molecule has 1 amide bonds. The normalized spacial score (nSPS) is 25.2. The SMILES string of the molecule is Cn1cc(C(N)C(=O)N2CCCC(N3CCCC3)C2)cn1. The highest BCUT2D eigenvalue weighted by Gasteiger charge is 2.31. The zero-order chi connectivity index (χ0) is 14.8. The summed E-state index contributed by atoms with van der Waals surface area (Å²) in [4.78, 5) is 17.1. The van der Waals surface area contributed by atoms with E-state index in [2.05, 4.69) is 10.00 Å². The number of piperidine rings is 1. The fourth-order valence-corrected chi connectivity index (χ4v) is 3.50. The van der Waals surface area contributed by atoms with Crippen molar-refractivity contribution in [3.05, 3.63) is 18.0 Å². The molecule has 2 N–H and O–H groups in total. The van der Waals surface area contributed by atoms with E-state index in [4.69, 9.17) is 5.73 Å². The molecule has 6 heteroatoms. The fraction of sp³-hybridized carbons (Fsp3) is 0.733. The Morgan fingerprint density at radius 3 is 2.76 bits per heavy atom. The molecule has 3 heterocycles. The van der Waals surface area contributed by atoms with Crippen molar-refractivity contribution in [1.82, 2.24) is 19.6 Å². The Hall–Kier alpha value is -1.40. The molecule has 2 atom stereocenters. The second-order valence-corrected chi connectivity index (χ2v) is 6.25. The average Bonchev–Trinajstić information content (AvgIpc) is 3.17. The van der Waals surface area contributed by atoms with Gasteiger partial charge in [0.15, 0.2) is 0 Å². The van der Waals surface area contributed by atoms with Gasteiger partial charge in [0, 0.05) is 37.9 Å². The monoisotopic (exact) mass is 291 g/mol. The zero-order valence-corrected chi connectivity index (χ0v) is 12.7. The van der Waals surface area contributed by atoms with Crippen LogP contribution in [0.5, 0.6) is 0 Å². The molecular weight excluding hydrogens is 266 g/mol. The number of carbonyl (C=O) groups excluding carboxylic acids is 1. The standard InChI is InChI=1S/C15H25N5O/c1-18-10-12(9-17-18)14(16)15(21)20-8-4-5-13(11-20)19-6-2-3-7-19/h9-10,13-14H,2-8,11,16H2,1H3. The molecule has 2 fully saturated rings. The molecule has 0 spiro atoms. The van der Waals surface area contributed by atoms with E-state index < -0.39 is 6.04 Å². The van der Waals surface area contributed by atoms with Crippen molar-refractivity contribution in [2.24, 2.45) is 12.8 Å². The highest BCUT2D eigenvalue weighted by atomic mass is 16.2. The molecule has 1 aromatic rings. The van der Waals surface area contributed by atoms with Crippen molar-refractivity contribution in [3.63, 3.8) is 0 Å². The lowest BCUT2D eigenvalue weighted by Crippen LogP contribution is -2.51. The Morgan fingerprint density at radius 2 is 2.10 bits per heavy atom. The van der Waals surface area contributed by atoms with E-state index in [1.807, 2.05) is 18.1 Å². The lowest BCUT2D eigenvalue weighted by molar-refractivity contribution is -0.134. The number of aromatic nitrogens is 2. The smallest absolute Gasteiger partial charge is 0.244 e. The van der Waals surface area contributed by atoms with Crippen LogP contribution in [0.2, 0.25) is 0 Å². The molecule has 1 aromatic heterocycles. The van der Waals surface area contributed by atoms with Crippen molar-refractivity contribution < 1.29 is 4.79 Å². The summed E-state index contributed by atoms with van der Waals surface area (Å²) in [5, 5.41) is 4.10.